The normalized spacial score (nSPS) is 29.7. The summed E-state index contributed by atoms with van der Waals surface area (Å²) in [4.78, 5) is 0. The lowest BCUT2D eigenvalue weighted by Gasteiger charge is -2.27. The van der Waals surface area contributed by atoms with E-state index in [0.717, 1.165) is 12.5 Å². The van der Waals surface area contributed by atoms with E-state index in [1.165, 1.54) is 19.3 Å². The van der Waals surface area contributed by atoms with Gasteiger partial charge in [0.15, 0.2) is 0 Å². The average Bonchev–Trinajstić information content (AvgIpc) is 2.06. The monoisotopic (exact) mass is 149 g/mol. The summed E-state index contributed by atoms with van der Waals surface area (Å²) in [6.07, 6.45) is 8.57. The molecule has 1 aliphatic heterocycles. The lowest BCUT2D eigenvalue weighted by atomic mass is 9.81. The Labute approximate surface area is 68.2 Å². The molecule has 2 aliphatic rings. The van der Waals surface area contributed by atoms with Crippen LogP contribution in [0.2, 0.25) is 0 Å². The highest BCUT2D eigenvalue weighted by Crippen LogP contribution is 2.33. The molecule has 1 N–H and O–H groups in total. The zero-order valence-electron chi connectivity index (χ0n) is 7.06. The number of rotatable bonds is 0. The highest BCUT2D eigenvalue weighted by Gasteiger charge is 2.19. The smallest absolute Gasteiger partial charge is 0.0331 e. The van der Waals surface area contributed by atoms with Gasteiger partial charge in [0.05, 0.1) is 0 Å². The van der Waals surface area contributed by atoms with Crippen molar-refractivity contribution in [2.24, 2.45) is 5.92 Å². The Morgan fingerprint density at radius 3 is 3.27 bits per heavy atom. The maximum atomic E-state index is 3.27. The van der Waals surface area contributed by atoms with Crippen molar-refractivity contribution in [3.8, 4) is 0 Å². The zero-order valence-corrected chi connectivity index (χ0v) is 7.06. The highest BCUT2D eigenvalue weighted by molar-refractivity contribution is 5.36. The van der Waals surface area contributed by atoms with E-state index in [-0.39, 0.29) is 0 Å². The van der Waals surface area contributed by atoms with Crippen LogP contribution in [0.15, 0.2) is 23.4 Å². The summed E-state index contributed by atoms with van der Waals surface area (Å²) in [5.74, 6) is 0.803. The van der Waals surface area contributed by atoms with E-state index < -0.39 is 0 Å². The molecular formula is C10H15N. The number of hydrogen-bond donors (Lipinski definition) is 1. The third-order valence-corrected chi connectivity index (χ3v) is 2.70. The molecule has 1 heterocycles. The first-order valence-corrected chi connectivity index (χ1v) is 4.51. The van der Waals surface area contributed by atoms with Crippen molar-refractivity contribution in [2.75, 3.05) is 6.54 Å². The number of nitrogens with one attached hydrogen (secondary N) is 1. The van der Waals surface area contributed by atoms with Gasteiger partial charge < -0.3 is 5.32 Å². The van der Waals surface area contributed by atoms with Gasteiger partial charge in [0, 0.05) is 12.7 Å². The molecule has 1 heteroatoms. The summed E-state index contributed by atoms with van der Waals surface area (Å²) in [5, 5.41) is 3.27. The molecule has 0 aromatic carbocycles. The Balaban J connectivity index is 2.24. The first kappa shape index (κ1) is 6.96. The minimum Gasteiger partial charge on any atom is -0.387 e. The Morgan fingerprint density at radius 2 is 2.45 bits per heavy atom. The molecule has 0 radical (unpaired) electrons. The van der Waals surface area contributed by atoms with E-state index in [0.29, 0.717) is 0 Å². The van der Waals surface area contributed by atoms with Crippen LogP contribution in [0.3, 0.4) is 0 Å². The van der Waals surface area contributed by atoms with E-state index in [4.69, 9.17) is 0 Å². The molecule has 0 bridgehead atoms. The molecule has 0 saturated heterocycles. The van der Waals surface area contributed by atoms with Gasteiger partial charge in [-0.2, -0.15) is 0 Å². The van der Waals surface area contributed by atoms with Crippen molar-refractivity contribution in [3.63, 3.8) is 0 Å². The molecule has 0 aromatic rings. The Bertz CT molecular complexity index is 213. The molecule has 1 nitrogen and oxygen atoms in total. The average molecular weight is 149 g/mol. The van der Waals surface area contributed by atoms with E-state index >= 15 is 0 Å². The lowest BCUT2D eigenvalue weighted by molar-refractivity contribution is 0.531. The summed E-state index contributed by atoms with van der Waals surface area (Å²) in [7, 11) is 0. The maximum absolute atomic E-state index is 3.27. The van der Waals surface area contributed by atoms with Crippen LogP contribution in [-0.2, 0) is 0 Å². The Morgan fingerprint density at radius 1 is 1.55 bits per heavy atom. The molecule has 1 atom stereocenters. The molecule has 1 saturated carbocycles. The second kappa shape index (κ2) is 2.72. The molecule has 60 valence electrons. The Kier molecular flexibility index (Phi) is 1.72. The molecule has 0 aromatic heterocycles. The fourth-order valence-electron chi connectivity index (χ4n) is 2.05. The predicted octanol–water partition coefficient (Wildman–Crippen LogP) is 2.22. The van der Waals surface area contributed by atoms with Gasteiger partial charge in [-0.1, -0.05) is 13.0 Å². The second-order valence-corrected chi connectivity index (χ2v) is 3.53. The molecule has 1 aliphatic carbocycles. The van der Waals surface area contributed by atoms with Gasteiger partial charge in [0.25, 0.3) is 0 Å². The molecule has 1 unspecified atom stereocenters. The van der Waals surface area contributed by atoms with Crippen LogP contribution in [0.4, 0.5) is 0 Å². The van der Waals surface area contributed by atoms with Crippen molar-refractivity contribution in [1.82, 2.24) is 5.32 Å². The van der Waals surface area contributed by atoms with E-state index in [1.807, 2.05) is 0 Å². The van der Waals surface area contributed by atoms with Gasteiger partial charge in [-0.15, -0.1) is 0 Å². The van der Waals surface area contributed by atoms with Crippen molar-refractivity contribution < 1.29 is 0 Å². The lowest BCUT2D eigenvalue weighted by Crippen LogP contribution is -2.19. The summed E-state index contributed by atoms with van der Waals surface area (Å²) >= 11 is 0. The van der Waals surface area contributed by atoms with Crippen molar-refractivity contribution in [1.29, 1.82) is 0 Å². The number of hydrogen-bond acceptors (Lipinski definition) is 1. The molecule has 0 amide bonds. The quantitative estimate of drug-likeness (QED) is 0.557. The van der Waals surface area contributed by atoms with Crippen LogP contribution >= 0.6 is 0 Å². The molecular weight excluding hydrogens is 134 g/mol. The van der Waals surface area contributed by atoms with E-state index in [9.17, 15) is 0 Å². The fourth-order valence-corrected chi connectivity index (χ4v) is 2.05. The molecule has 2 rings (SSSR count). The SMILES string of the molecule is CC1CCCC2=CNCC=C21. The van der Waals surface area contributed by atoms with Crippen LogP contribution in [0, 0.1) is 5.92 Å². The zero-order chi connectivity index (χ0) is 7.68. The van der Waals surface area contributed by atoms with Crippen LogP contribution in [0.25, 0.3) is 0 Å². The Hall–Kier alpha value is -0.720. The topological polar surface area (TPSA) is 12.0 Å². The van der Waals surface area contributed by atoms with Crippen molar-refractivity contribution in [3.05, 3.63) is 23.4 Å². The number of dihydropyridines is 1. The van der Waals surface area contributed by atoms with Gasteiger partial charge in [-0.25, -0.2) is 0 Å². The standard InChI is InChI=1S/C10H15N/c1-8-3-2-4-9-7-11-6-5-10(8)9/h5,7-8,11H,2-4,6H2,1H3. The van der Waals surface area contributed by atoms with Crippen LogP contribution in [0.1, 0.15) is 26.2 Å². The summed E-state index contributed by atoms with van der Waals surface area (Å²) in [6, 6.07) is 0. The van der Waals surface area contributed by atoms with Crippen molar-refractivity contribution in [2.45, 2.75) is 26.2 Å². The third-order valence-electron chi connectivity index (χ3n) is 2.70. The first-order valence-electron chi connectivity index (χ1n) is 4.51. The van der Waals surface area contributed by atoms with Crippen LogP contribution in [0.5, 0.6) is 0 Å². The minimum absolute atomic E-state index is 0.803. The van der Waals surface area contributed by atoms with Gasteiger partial charge in [0.1, 0.15) is 0 Å². The minimum atomic E-state index is 0.803. The molecule has 1 fully saturated rings. The fraction of sp³-hybridized carbons (Fsp3) is 0.600. The van der Waals surface area contributed by atoms with E-state index in [2.05, 4.69) is 24.5 Å². The first-order chi connectivity index (χ1) is 5.38. The number of allylic oxidation sites excluding steroid dienone is 2. The summed E-state index contributed by atoms with van der Waals surface area (Å²) < 4.78 is 0. The second-order valence-electron chi connectivity index (χ2n) is 3.53. The number of fused-ring (bicyclic) bond motifs is 1. The molecule has 0 spiro atoms. The van der Waals surface area contributed by atoms with Gasteiger partial charge >= 0.3 is 0 Å². The largest absolute Gasteiger partial charge is 0.387 e. The van der Waals surface area contributed by atoms with Crippen LogP contribution in [-0.4, -0.2) is 6.54 Å². The highest BCUT2D eigenvalue weighted by atomic mass is 14.8. The summed E-state index contributed by atoms with van der Waals surface area (Å²) in [5.41, 5.74) is 3.16. The third kappa shape index (κ3) is 1.20. The van der Waals surface area contributed by atoms with E-state index in [1.54, 1.807) is 11.1 Å². The maximum Gasteiger partial charge on any atom is 0.0331 e. The van der Waals surface area contributed by atoms with Crippen molar-refractivity contribution >= 4 is 0 Å². The van der Waals surface area contributed by atoms with Gasteiger partial charge in [-0.05, 0) is 36.3 Å². The summed E-state index contributed by atoms with van der Waals surface area (Å²) in [6.45, 7) is 3.37. The van der Waals surface area contributed by atoms with Gasteiger partial charge in [0.2, 0.25) is 0 Å². The molecule has 11 heavy (non-hydrogen) atoms. The van der Waals surface area contributed by atoms with Crippen LogP contribution < -0.4 is 5.32 Å². The van der Waals surface area contributed by atoms with Gasteiger partial charge in [-0.3, -0.25) is 0 Å². The predicted molar refractivity (Wildman–Crippen MR) is 47.2 cm³/mol.